The first-order chi connectivity index (χ1) is 12.7. The van der Waals surface area contributed by atoms with Crippen LogP contribution in [0.4, 0.5) is 0 Å². The molecular weight excluding hydrogens is 370 g/mol. The van der Waals surface area contributed by atoms with Crippen LogP contribution >= 0.6 is 0 Å². The van der Waals surface area contributed by atoms with Crippen molar-refractivity contribution < 1.29 is 27.5 Å². The quantitative estimate of drug-likeness (QED) is 0.758. The molecule has 0 saturated carbocycles. The minimum atomic E-state index is -3.41. The smallest absolute Gasteiger partial charge is 0.341 e. The van der Waals surface area contributed by atoms with Gasteiger partial charge in [-0.2, -0.15) is 0 Å². The zero-order chi connectivity index (χ0) is 20.2. The van der Waals surface area contributed by atoms with Gasteiger partial charge >= 0.3 is 5.97 Å². The van der Waals surface area contributed by atoms with Gasteiger partial charge in [0.05, 0.1) is 19.1 Å². The van der Waals surface area contributed by atoms with Crippen LogP contribution in [0.3, 0.4) is 0 Å². The molecule has 0 spiro atoms. The first-order valence-corrected chi connectivity index (χ1v) is 9.90. The number of hydrogen-bond donors (Lipinski definition) is 1. The number of ether oxygens (including phenoxy) is 2. The number of benzene rings is 2. The van der Waals surface area contributed by atoms with E-state index in [1.54, 1.807) is 31.2 Å². The van der Waals surface area contributed by atoms with Gasteiger partial charge in [0, 0.05) is 18.4 Å². The molecule has 1 N–H and O–H groups in total. The number of sulfone groups is 1. The van der Waals surface area contributed by atoms with E-state index < -0.39 is 21.7 Å². The average molecular weight is 391 g/mol. The van der Waals surface area contributed by atoms with Crippen LogP contribution in [0.2, 0.25) is 0 Å². The fourth-order valence-electron chi connectivity index (χ4n) is 2.49. The van der Waals surface area contributed by atoms with E-state index in [1.807, 2.05) is 0 Å². The van der Waals surface area contributed by atoms with Crippen molar-refractivity contribution in [2.45, 2.75) is 18.4 Å². The van der Waals surface area contributed by atoms with E-state index in [0.717, 1.165) is 6.26 Å². The lowest BCUT2D eigenvalue weighted by molar-refractivity contribution is 0.0597. The summed E-state index contributed by atoms with van der Waals surface area (Å²) in [6.07, 6.45) is 1.09. The molecule has 2 aromatic rings. The predicted octanol–water partition coefficient (Wildman–Crippen LogP) is 2.12. The van der Waals surface area contributed by atoms with Crippen LogP contribution in [-0.2, 0) is 21.1 Å². The van der Waals surface area contributed by atoms with Crippen molar-refractivity contribution in [3.8, 4) is 5.75 Å². The van der Waals surface area contributed by atoms with E-state index >= 15 is 0 Å². The molecule has 27 heavy (non-hydrogen) atoms. The third kappa shape index (κ3) is 4.85. The standard InChI is InChI=1S/C19H21NO6S/c1-12-5-7-14(27(4,23)24)10-15(12)18(21)20-11-13-6-8-17(25-2)16(9-13)19(22)26-3/h5-10H,11H2,1-4H3,(H,20,21). The molecular formula is C19H21NO6S. The van der Waals surface area contributed by atoms with Crippen molar-refractivity contribution in [3.63, 3.8) is 0 Å². The van der Waals surface area contributed by atoms with Crippen molar-refractivity contribution in [1.82, 2.24) is 5.32 Å². The van der Waals surface area contributed by atoms with Crippen LogP contribution in [0.5, 0.6) is 5.75 Å². The Bertz CT molecular complexity index is 982. The second-order valence-corrected chi connectivity index (χ2v) is 7.97. The second kappa shape index (κ2) is 8.22. The van der Waals surface area contributed by atoms with E-state index in [-0.39, 0.29) is 22.6 Å². The molecule has 0 aliphatic carbocycles. The lowest BCUT2D eigenvalue weighted by Gasteiger charge is -2.11. The molecule has 0 unspecified atom stereocenters. The number of carbonyl (C=O) groups is 2. The van der Waals surface area contributed by atoms with Gasteiger partial charge in [-0.25, -0.2) is 13.2 Å². The van der Waals surface area contributed by atoms with Gasteiger partial charge in [-0.05, 0) is 42.3 Å². The molecule has 2 aromatic carbocycles. The van der Waals surface area contributed by atoms with E-state index in [1.165, 1.54) is 26.4 Å². The number of hydrogen-bond acceptors (Lipinski definition) is 6. The number of carbonyl (C=O) groups excluding carboxylic acids is 2. The second-order valence-electron chi connectivity index (χ2n) is 5.96. The molecule has 0 aliphatic rings. The molecule has 0 radical (unpaired) electrons. The summed E-state index contributed by atoms with van der Waals surface area (Å²) in [5, 5.41) is 2.73. The van der Waals surface area contributed by atoms with Crippen molar-refractivity contribution in [3.05, 3.63) is 58.7 Å². The van der Waals surface area contributed by atoms with Crippen LogP contribution in [0.25, 0.3) is 0 Å². The van der Waals surface area contributed by atoms with E-state index in [9.17, 15) is 18.0 Å². The number of esters is 1. The van der Waals surface area contributed by atoms with Crippen molar-refractivity contribution in [1.29, 1.82) is 0 Å². The van der Waals surface area contributed by atoms with Crippen LogP contribution < -0.4 is 10.1 Å². The minimum Gasteiger partial charge on any atom is -0.496 e. The highest BCUT2D eigenvalue weighted by molar-refractivity contribution is 7.90. The molecule has 7 nitrogen and oxygen atoms in total. The largest absolute Gasteiger partial charge is 0.496 e. The molecule has 0 bridgehead atoms. The normalized spacial score (nSPS) is 11.0. The summed E-state index contributed by atoms with van der Waals surface area (Å²) in [6, 6.07) is 9.31. The monoisotopic (exact) mass is 391 g/mol. The van der Waals surface area contributed by atoms with Gasteiger partial charge in [0.1, 0.15) is 11.3 Å². The summed E-state index contributed by atoms with van der Waals surface area (Å²) in [5.74, 6) is -0.584. The zero-order valence-electron chi connectivity index (χ0n) is 15.5. The molecule has 8 heteroatoms. The fourth-order valence-corrected chi connectivity index (χ4v) is 3.14. The van der Waals surface area contributed by atoms with E-state index in [4.69, 9.17) is 9.47 Å². The Morgan fingerprint density at radius 1 is 1.04 bits per heavy atom. The van der Waals surface area contributed by atoms with Crippen LogP contribution in [-0.4, -0.2) is 40.8 Å². The zero-order valence-corrected chi connectivity index (χ0v) is 16.3. The Kier molecular flexibility index (Phi) is 6.22. The third-order valence-electron chi connectivity index (χ3n) is 4.00. The van der Waals surface area contributed by atoms with E-state index in [0.29, 0.717) is 16.9 Å². The predicted molar refractivity (Wildman–Crippen MR) is 99.8 cm³/mol. The Morgan fingerprint density at radius 3 is 2.33 bits per heavy atom. The number of rotatable bonds is 6. The Labute approximate surface area is 158 Å². The molecule has 0 aromatic heterocycles. The van der Waals surface area contributed by atoms with Gasteiger partial charge in [-0.15, -0.1) is 0 Å². The molecule has 0 atom stereocenters. The lowest BCUT2D eigenvalue weighted by Crippen LogP contribution is -2.24. The highest BCUT2D eigenvalue weighted by Gasteiger charge is 2.16. The first-order valence-electron chi connectivity index (χ1n) is 8.01. The molecule has 144 valence electrons. The Morgan fingerprint density at radius 2 is 1.74 bits per heavy atom. The molecule has 0 aliphatic heterocycles. The van der Waals surface area contributed by atoms with Gasteiger partial charge in [0.25, 0.3) is 5.91 Å². The maximum Gasteiger partial charge on any atom is 0.341 e. The number of aryl methyl sites for hydroxylation is 1. The molecule has 2 rings (SSSR count). The van der Waals surface area contributed by atoms with Crippen molar-refractivity contribution >= 4 is 21.7 Å². The van der Waals surface area contributed by atoms with Gasteiger partial charge in [-0.1, -0.05) is 12.1 Å². The SMILES string of the molecule is COC(=O)c1cc(CNC(=O)c2cc(S(C)(=O)=O)ccc2C)ccc1OC. The van der Waals surface area contributed by atoms with E-state index in [2.05, 4.69) is 5.32 Å². The summed E-state index contributed by atoms with van der Waals surface area (Å²) in [5.41, 5.74) is 1.85. The maximum absolute atomic E-state index is 12.5. The van der Waals surface area contributed by atoms with Gasteiger partial charge in [-0.3, -0.25) is 4.79 Å². The van der Waals surface area contributed by atoms with Crippen molar-refractivity contribution in [2.75, 3.05) is 20.5 Å². The van der Waals surface area contributed by atoms with Crippen LogP contribution in [0.1, 0.15) is 31.8 Å². The number of nitrogens with one attached hydrogen (secondary N) is 1. The van der Waals surface area contributed by atoms with Gasteiger partial charge in [0.15, 0.2) is 9.84 Å². The number of amides is 1. The topological polar surface area (TPSA) is 98.8 Å². The summed E-state index contributed by atoms with van der Waals surface area (Å²) in [6.45, 7) is 1.87. The third-order valence-corrected chi connectivity index (χ3v) is 5.11. The van der Waals surface area contributed by atoms with Crippen molar-refractivity contribution in [2.24, 2.45) is 0 Å². The summed E-state index contributed by atoms with van der Waals surface area (Å²) in [4.78, 5) is 24.4. The average Bonchev–Trinajstić information content (AvgIpc) is 2.64. The van der Waals surface area contributed by atoms with Gasteiger partial charge < -0.3 is 14.8 Å². The van der Waals surface area contributed by atoms with Gasteiger partial charge in [0.2, 0.25) is 0 Å². The number of methoxy groups -OCH3 is 2. The fraction of sp³-hybridized carbons (Fsp3) is 0.263. The molecule has 0 fully saturated rings. The minimum absolute atomic E-state index is 0.0793. The first kappa shape index (κ1) is 20.4. The highest BCUT2D eigenvalue weighted by atomic mass is 32.2. The highest BCUT2D eigenvalue weighted by Crippen LogP contribution is 2.21. The molecule has 1 amide bonds. The molecule has 0 saturated heterocycles. The summed E-state index contributed by atoms with van der Waals surface area (Å²) >= 11 is 0. The summed E-state index contributed by atoms with van der Waals surface area (Å²) in [7, 11) is -0.697. The molecule has 0 heterocycles. The Balaban J connectivity index is 2.22. The summed E-state index contributed by atoms with van der Waals surface area (Å²) < 4.78 is 33.3. The lowest BCUT2D eigenvalue weighted by atomic mass is 10.1. The Hall–Kier alpha value is -2.87. The van der Waals surface area contributed by atoms with Crippen LogP contribution in [0, 0.1) is 6.92 Å². The maximum atomic E-state index is 12.5. The van der Waals surface area contributed by atoms with Crippen LogP contribution in [0.15, 0.2) is 41.3 Å².